The second-order valence-electron chi connectivity index (χ2n) is 6.24. The largest absolute Gasteiger partial charge is 0.504 e. The second-order valence-corrected chi connectivity index (χ2v) is 6.24. The monoisotopic (exact) mass is 324 g/mol. The highest BCUT2D eigenvalue weighted by atomic mass is 16.7. The van der Waals surface area contributed by atoms with Crippen molar-refractivity contribution in [2.75, 3.05) is 0 Å². The average Bonchev–Trinajstić information content (AvgIpc) is 2.62. The molecule has 0 saturated heterocycles. The first kappa shape index (κ1) is 14.9. The average molecular weight is 324 g/mol. The summed E-state index contributed by atoms with van der Waals surface area (Å²) in [6.45, 7) is 5.85. The molecule has 2 unspecified atom stereocenters. The maximum Gasteiger partial charge on any atom is 0.241 e. The van der Waals surface area contributed by atoms with Gasteiger partial charge < -0.3 is 19.3 Å². The van der Waals surface area contributed by atoms with Gasteiger partial charge in [0.1, 0.15) is 23.2 Å². The van der Waals surface area contributed by atoms with Gasteiger partial charge in [0.25, 0.3) is 0 Å². The Kier molecular flexibility index (Phi) is 3.41. The van der Waals surface area contributed by atoms with Gasteiger partial charge in [-0.05, 0) is 31.0 Å². The van der Waals surface area contributed by atoms with Crippen LogP contribution in [0.25, 0.3) is 5.76 Å². The third kappa shape index (κ3) is 2.13. The van der Waals surface area contributed by atoms with E-state index in [0.29, 0.717) is 23.5 Å². The van der Waals surface area contributed by atoms with Crippen LogP contribution in [0.1, 0.15) is 43.1 Å². The molecule has 2 aromatic carbocycles. The summed E-state index contributed by atoms with van der Waals surface area (Å²) in [6, 6.07) is 11.9. The molecule has 4 nitrogen and oxygen atoms in total. The zero-order valence-corrected chi connectivity index (χ0v) is 14.0. The predicted octanol–water partition coefficient (Wildman–Crippen LogP) is 4.71. The Hall–Kier alpha value is -2.62. The Balaban J connectivity index is 1.93. The molecular weight excluding hydrogens is 304 g/mol. The van der Waals surface area contributed by atoms with Gasteiger partial charge in [-0.15, -0.1) is 0 Å². The Morgan fingerprint density at radius 3 is 2.50 bits per heavy atom. The summed E-state index contributed by atoms with van der Waals surface area (Å²) < 4.78 is 18.2. The van der Waals surface area contributed by atoms with Gasteiger partial charge in [-0.2, -0.15) is 0 Å². The number of aromatic hydroxyl groups is 1. The number of ether oxygens (including phenoxy) is 3. The molecule has 0 aromatic heterocycles. The SMILES string of the molecule is CCC1OC2=C(C)C(c3ccccc3)Oc3cc(C)c(O)c(c32)O1. The lowest BCUT2D eigenvalue weighted by Gasteiger charge is -2.36. The number of benzene rings is 2. The quantitative estimate of drug-likeness (QED) is 0.869. The van der Waals surface area contributed by atoms with Crippen molar-refractivity contribution in [1.29, 1.82) is 0 Å². The van der Waals surface area contributed by atoms with Crippen LogP contribution >= 0.6 is 0 Å². The molecule has 4 rings (SSSR count). The zero-order valence-electron chi connectivity index (χ0n) is 14.0. The van der Waals surface area contributed by atoms with Crippen molar-refractivity contribution in [1.82, 2.24) is 0 Å². The molecule has 2 atom stereocenters. The van der Waals surface area contributed by atoms with E-state index >= 15 is 0 Å². The van der Waals surface area contributed by atoms with E-state index in [1.807, 2.05) is 57.2 Å². The topological polar surface area (TPSA) is 47.9 Å². The van der Waals surface area contributed by atoms with Crippen molar-refractivity contribution in [2.24, 2.45) is 0 Å². The van der Waals surface area contributed by atoms with Crippen LogP contribution in [0.15, 0.2) is 42.0 Å². The third-order valence-corrected chi connectivity index (χ3v) is 4.57. The van der Waals surface area contributed by atoms with E-state index in [4.69, 9.17) is 14.2 Å². The van der Waals surface area contributed by atoms with Gasteiger partial charge in [-0.25, -0.2) is 0 Å². The number of hydrogen-bond acceptors (Lipinski definition) is 4. The van der Waals surface area contributed by atoms with Crippen LogP contribution in [0.4, 0.5) is 0 Å². The van der Waals surface area contributed by atoms with Crippen LogP contribution < -0.4 is 9.47 Å². The van der Waals surface area contributed by atoms with Gasteiger partial charge in [0.2, 0.25) is 6.29 Å². The molecule has 0 bridgehead atoms. The molecule has 2 aliphatic rings. The normalized spacial score (nSPS) is 21.5. The minimum atomic E-state index is -0.405. The maximum atomic E-state index is 10.4. The molecule has 4 heteroatoms. The summed E-state index contributed by atoms with van der Waals surface area (Å²) in [5.41, 5.74) is 3.50. The molecule has 2 heterocycles. The minimum absolute atomic E-state index is 0.155. The molecule has 0 radical (unpaired) electrons. The first-order chi connectivity index (χ1) is 11.6. The molecule has 2 aromatic rings. The Labute approximate surface area is 141 Å². The molecule has 0 saturated carbocycles. The van der Waals surface area contributed by atoms with Gasteiger partial charge in [0.15, 0.2) is 11.5 Å². The summed E-state index contributed by atoms with van der Waals surface area (Å²) in [5.74, 6) is 2.06. The van der Waals surface area contributed by atoms with Crippen LogP contribution in [-0.4, -0.2) is 11.4 Å². The fourth-order valence-electron chi connectivity index (χ4n) is 3.25. The highest BCUT2D eigenvalue weighted by Crippen LogP contribution is 2.53. The lowest BCUT2D eigenvalue weighted by Crippen LogP contribution is -2.28. The number of hydrogen-bond donors (Lipinski definition) is 1. The van der Waals surface area contributed by atoms with Gasteiger partial charge in [0, 0.05) is 12.0 Å². The van der Waals surface area contributed by atoms with Crippen LogP contribution in [0.2, 0.25) is 0 Å². The fraction of sp³-hybridized carbons (Fsp3) is 0.300. The number of aryl methyl sites for hydroxylation is 1. The van der Waals surface area contributed by atoms with Gasteiger partial charge >= 0.3 is 0 Å². The molecule has 124 valence electrons. The van der Waals surface area contributed by atoms with Crippen LogP contribution in [-0.2, 0) is 4.74 Å². The molecule has 2 aliphatic heterocycles. The smallest absolute Gasteiger partial charge is 0.241 e. The number of phenolic OH excluding ortho intramolecular Hbond substituents is 1. The van der Waals surface area contributed by atoms with Crippen LogP contribution in [0.3, 0.4) is 0 Å². The Bertz CT molecular complexity index is 823. The number of rotatable bonds is 2. The first-order valence-corrected chi connectivity index (χ1v) is 8.22. The molecular formula is C20H20O4. The van der Waals surface area contributed by atoms with Crippen molar-refractivity contribution < 1.29 is 19.3 Å². The van der Waals surface area contributed by atoms with Gasteiger partial charge in [-0.1, -0.05) is 37.3 Å². The summed E-state index contributed by atoms with van der Waals surface area (Å²) in [7, 11) is 0. The van der Waals surface area contributed by atoms with E-state index < -0.39 is 6.29 Å². The van der Waals surface area contributed by atoms with E-state index in [2.05, 4.69) is 0 Å². The van der Waals surface area contributed by atoms with Crippen molar-refractivity contribution in [2.45, 2.75) is 39.6 Å². The predicted molar refractivity (Wildman–Crippen MR) is 91.0 cm³/mol. The molecule has 0 aliphatic carbocycles. The van der Waals surface area contributed by atoms with Crippen LogP contribution in [0.5, 0.6) is 17.2 Å². The molecule has 0 spiro atoms. The summed E-state index contributed by atoms with van der Waals surface area (Å²) in [5, 5.41) is 10.4. The molecule has 1 N–H and O–H groups in total. The molecule has 0 amide bonds. The fourth-order valence-corrected chi connectivity index (χ4v) is 3.25. The van der Waals surface area contributed by atoms with E-state index in [0.717, 1.165) is 22.5 Å². The first-order valence-electron chi connectivity index (χ1n) is 8.22. The highest BCUT2D eigenvalue weighted by molar-refractivity contribution is 5.80. The maximum absolute atomic E-state index is 10.4. The van der Waals surface area contributed by atoms with Gasteiger partial charge in [-0.3, -0.25) is 0 Å². The van der Waals surface area contributed by atoms with Crippen molar-refractivity contribution >= 4 is 5.76 Å². The standard InChI is InChI=1S/C20H20O4/c1-4-15-23-19-12(3)18(13-8-6-5-7-9-13)22-14-10-11(2)17(21)20(24-15)16(14)19/h5-10,15,18,21H,4H2,1-3H3. The number of phenols is 1. The zero-order chi connectivity index (χ0) is 16.8. The Morgan fingerprint density at radius 1 is 1.04 bits per heavy atom. The van der Waals surface area contributed by atoms with Gasteiger partial charge in [0.05, 0.1) is 0 Å². The second kappa shape index (κ2) is 5.48. The lowest BCUT2D eigenvalue weighted by molar-refractivity contribution is -0.0361. The van der Waals surface area contributed by atoms with E-state index in [1.165, 1.54) is 0 Å². The van der Waals surface area contributed by atoms with Crippen molar-refractivity contribution in [3.05, 3.63) is 58.7 Å². The van der Waals surface area contributed by atoms with E-state index in [-0.39, 0.29) is 11.9 Å². The lowest BCUT2D eigenvalue weighted by atomic mass is 9.93. The van der Waals surface area contributed by atoms with E-state index in [9.17, 15) is 5.11 Å². The van der Waals surface area contributed by atoms with Crippen molar-refractivity contribution in [3.63, 3.8) is 0 Å². The summed E-state index contributed by atoms with van der Waals surface area (Å²) >= 11 is 0. The third-order valence-electron chi connectivity index (χ3n) is 4.57. The van der Waals surface area contributed by atoms with Crippen molar-refractivity contribution in [3.8, 4) is 17.2 Å². The van der Waals surface area contributed by atoms with Crippen LogP contribution in [0, 0.1) is 6.92 Å². The molecule has 0 fully saturated rings. The minimum Gasteiger partial charge on any atom is -0.504 e. The van der Waals surface area contributed by atoms with E-state index in [1.54, 1.807) is 0 Å². The highest BCUT2D eigenvalue weighted by Gasteiger charge is 2.38. The summed E-state index contributed by atoms with van der Waals surface area (Å²) in [4.78, 5) is 0. The summed E-state index contributed by atoms with van der Waals surface area (Å²) in [6.07, 6.45) is 0.0779. The Morgan fingerprint density at radius 2 is 1.79 bits per heavy atom. The molecule has 24 heavy (non-hydrogen) atoms.